The number of imidazole rings is 1. The summed E-state index contributed by atoms with van der Waals surface area (Å²) in [4.78, 5) is 29.7. The highest BCUT2D eigenvalue weighted by Crippen LogP contribution is 2.36. The van der Waals surface area contributed by atoms with Gasteiger partial charge in [0.2, 0.25) is 0 Å². The molecule has 5 heterocycles. The molecule has 2 N–H and O–H groups in total. The minimum Gasteiger partial charge on any atom is -0.457 e. The zero-order chi connectivity index (χ0) is 34.1. The van der Waals surface area contributed by atoms with Crippen molar-refractivity contribution in [3.05, 3.63) is 84.2 Å². The lowest BCUT2D eigenvalue weighted by Gasteiger charge is -2.46. The van der Waals surface area contributed by atoms with E-state index in [0.29, 0.717) is 47.7 Å². The lowest BCUT2D eigenvalue weighted by atomic mass is 9.94. The molecule has 3 aliphatic rings. The zero-order valence-corrected chi connectivity index (χ0v) is 27.9. The molecule has 0 aliphatic carbocycles. The number of piperazine rings is 1. The number of nitriles is 1. The second-order valence-corrected chi connectivity index (χ2v) is 13.5. The van der Waals surface area contributed by atoms with Crippen LogP contribution in [0.1, 0.15) is 38.4 Å². The highest BCUT2D eigenvalue weighted by molar-refractivity contribution is 5.97. The van der Waals surface area contributed by atoms with Crippen LogP contribution in [-0.2, 0) is 9.53 Å². The van der Waals surface area contributed by atoms with Gasteiger partial charge in [0, 0.05) is 74.7 Å². The summed E-state index contributed by atoms with van der Waals surface area (Å²) >= 11 is 0. The van der Waals surface area contributed by atoms with Gasteiger partial charge in [-0.2, -0.15) is 5.26 Å². The maximum Gasteiger partial charge on any atom is 0.264 e. The summed E-state index contributed by atoms with van der Waals surface area (Å²) in [7, 11) is 0. The van der Waals surface area contributed by atoms with Gasteiger partial charge in [-0.25, -0.2) is 14.4 Å². The van der Waals surface area contributed by atoms with E-state index < -0.39 is 11.4 Å². The van der Waals surface area contributed by atoms with Gasteiger partial charge in [-0.15, -0.1) is 0 Å². The van der Waals surface area contributed by atoms with Gasteiger partial charge in [-0.05, 0) is 57.0 Å². The second-order valence-electron chi connectivity index (χ2n) is 13.5. The molecule has 254 valence electrons. The van der Waals surface area contributed by atoms with Gasteiger partial charge in [-0.3, -0.25) is 19.0 Å². The molecular formula is C37H41FN8O3. The number of nitrogen functional groups attached to an aromatic ring is 1. The minimum absolute atomic E-state index is 0.141. The SMILES string of the molecule is CC(C)(/C=C(/C#N)C(=O)N1CCC[C@@H](c2nc(-c3ccc(Oc4ccccc4)cc3F)c3c(N)nccn23)C1)N1CCN(C2COC2)CC1. The number of fused-ring (bicyclic) bond motifs is 1. The molecule has 0 saturated carbocycles. The van der Waals surface area contributed by atoms with Crippen LogP contribution in [0.15, 0.2) is 72.6 Å². The van der Waals surface area contributed by atoms with Crippen LogP contribution < -0.4 is 10.5 Å². The first-order valence-corrected chi connectivity index (χ1v) is 16.9. The summed E-state index contributed by atoms with van der Waals surface area (Å²) in [5, 5.41) is 10.2. The lowest BCUT2D eigenvalue weighted by molar-refractivity contribution is -0.128. The van der Waals surface area contributed by atoms with Crippen molar-refractivity contribution in [2.45, 2.75) is 44.2 Å². The summed E-state index contributed by atoms with van der Waals surface area (Å²) < 4.78 is 28.7. The molecule has 0 radical (unpaired) electrons. The number of nitrogens with zero attached hydrogens (tertiary/aromatic N) is 7. The van der Waals surface area contributed by atoms with E-state index in [4.69, 9.17) is 20.2 Å². The van der Waals surface area contributed by atoms with E-state index >= 15 is 4.39 Å². The predicted molar refractivity (Wildman–Crippen MR) is 183 cm³/mol. The number of carbonyl (C=O) groups excluding carboxylic acids is 1. The molecule has 2 aromatic heterocycles. The van der Waals surface area contributed by atoms with Crippen LogP contribution in [0, 0.1) is 17.1 Å². The highest BCUT2D eigenvalue weighted by atomic mass is 19.1. The number of rotatable bonds is 8. The van der Waals surface area contributed by atoms with Crippen LogP contribution in [-0.4, -0.2) is 99.0 Å². The molecule has 3 saturated heterocycles. The Hall–Kier alpha value is -4.83. The molecule has 12 heteroatoms. The Bertz CT molecular complexity index is 1910. The van der Waals surface area contributed by atoms with Crippen molar-refractivity contribution in [3.63, 3.8) is 0 Å². The molecule has 0 unspecified atom stereocenters. The van der Waals surface area contributed by atoms with E-state index in [1.165, 1.54) is 6.07 Å². The number of nitrogens with two attached hydrogens (primary N) is 1. The normalized spacial score (nSPS) is 19.8. The van der Waals surface area contributed by atoms with Crippen molar-refractivity contribution in [1.29, 1.82) is 5.26 Å². The van der Waals surface area contributed by atoms with Gasteiger partial charge >= 0.3 is 0 Å². The quantitative estimate of drug-likeness (QED) is 0.208. The Morgan fingerprint density at radius 3 is 2.57 bits per heavy atom. The third kappa shape index (κ3) is 6.62. The van der Waals surface area contributed by atoms with E-state index in [1.807, 2.05) is 28.7 Å². The lowest BCUT2D eigenvalue weighted by Crippen LogP contribution is -2.59. The first-order valence-electron chi connectivity index (χ1n) is 16.9. The van der Waals surface area contributed by atoms with Gasteiger partial charge in [0.1, 0.15) is 51.8 Å². The van der Waals surface area contributed by atoms with Crippen LogP contribution >= 0.6 is 0 Å². The van der Waals surface area contributed by atoms with E-state index in [9.17, 15) is 10.1 Å². The number of hydrogen-bond acceptors (Lipinski definition) is 9. The molecule has 2 aromatic carbocycles. The van der Waals surface area contributed by atoms with Crippen molar-refractivity contribution in [3.8, 4) is 28.8 Å². The molecule has 4 aromatic rings. The maximum absolute atomic E-state index is 15.7. The molecular weight excluding hydrogens is 623 g/mol. The van der Waals surface area contributed by atoms with Crippen LogP contribution in [0.3, 0.4) is 0 Å². The number of amides is 1. The van der Waals surface area contributed by atoms with Crippen molar-refractivity contribution < 1.29 is 18.7 Å². The molecule has 11 nitrogen and oxygen atoms in total. The van der Waals surface area contributed by atoms with Gasteiger partial charge < -0.3 is 20.1 Å². The molecule has 0 bridgehead atoms. The Kier molecular flexibility index (Phi) is 9.07. The molecule has 7 rings (SSSR count). The molecule has 0 spiro atoms. The van der Waals surface area contributed by atoms with Crippen LogP contribution in [0.25, 0.3) is 16.8 Å². The number of aromatic nitrogens is 3. The Balaban J connectivity index is 1.11. The summed E-state index contributed by atoms with van der Waals surface area (Å²) in [6, 6.07) is 16.6. The van der Waals surface area contributed by atoms with E-state index in [2.05, 4.69) is 34.7 Å². The minimum atomic E-state index is -0.506. The summed E-state index contributed by atoms with van der Waals surface area (Å²) in [6.45, 7) is 10.2. The molecule has 3 fully saturated rings. The van der Waals surface area contributed by atoms with E-state index in [0.717, 1.165) is 52.2 Å². The zero-order valence-electron chi connectivity index (χ0n) is 27.9. The standard InChI is InChI=1S/C37H41FN8O3/c1-37(2,45-17-15-43(16-18-45)27-23-48-24-27)20-26(21-39)36(47)44-13-6-7-25(22-44)35-42-32(33-34(40)41-12-14-46(33)35)30-11-10-29(19-31(30)38)49-28-8-4-3-5-9-28/h3-5,8-12,14,19-20,25,27H,6-7,13,15-18,22-24H2,1-2H3,(H2,40,41)/b26-20-/t25-/m1/s1. The van der Waals surface area contributed by atoms with Crippen LogP contribution in [0.5, 0.6) is 11.5 Å². The average Bonchev–Trinajstić information content (AvgIpc) is 3.48. The number of anilines is 1. The number of piperidine rings is 1. The van der Waals surface area contributed by atoms with Crippen LogP contribution in [0.2, 0.25) is 0 Å². The van der Waals surface area contributed by atoms with Crippen molar-refractivity contribution >= 4 is 17.2 Å². The number of carbonyl (C=O) groups is 1. The average molecular weight is 665 g/mol. The fourth-order valence-electron chi connectivity index (χ4n) is 7.17. The number of benzene rings is 2. The number of para-hydroxylation sites is 1. The summed E-state index contributed by atoms with van der Waals surface area (Å²) in [5.74, 6) is 0.896. The number of likely N-dealkylation sites (tertiary alicyclic amines) is 1. The first-order chi connectivity index (χ1) is 23.7. The van der Waals surface area contributed by atoms with Crippen molar-refractivity contribution in [2.75, 3.05) is 58.2 Å². The molecule has 1 atom stereocenters. The smallest absolute Gasteiger partial charge is 0.264 e. The molecule has 49 heavy (non-hydrogen) atoms. The third-order valence-corrected chi connectivity index (χ3v) is 9.97. The van der Waals surface area contributed by atoms with Crippen molar-refractivity contribution in [1.82, 2.24) is 29.1 Å². The summed E-state index contributed by atoms with van der Waals surface area (Å²) in [6.07, 6.45) is 6.68. The Morgan fingerprint density at radius 2 is 1.88 bits per heavy atom. The number of halogens is 1. The number of ether oxygens (including phenoxy) is 2. The first kappa shape index (κ1) is 32.7. The Morgan fingerprint density at radius 1 is 1.10 bits per heavy atom. The topological polar surface area (TPSA) is 125 Å². The predicted octanol–water partition coefficient (Wildman–Crippen LogP) is 4.86. The largest absolute Gasteiger partial charge is 0.457 e. The van der Waals surface area contributed by atoms with E-state index in [-0.39, 0.29) is 28.8 Å². The van der Waals surface area contributed by atoms with E-state index in [1.54, 1.807) is 41.6 Å². The second kappa shape index (κ2) is 13.6. The Labute approximate surface area is 285 Å². The maximum atomic E-state index is 15.7. The summed E-state index contributed by atoms with van der Waals surface area (Å²) in [5.41, 5.74) is 7.18. The monoisotopic (exact) mass is 664 g/mol. The third-order valence-electron chi connectivity index (χ3n) is 9.97. The van der Waals surface area contributed by atoms with Gasteiger partial charge in [0.15, 0.2) is 0 Å². The molecule has 3 aliphatic heterocycles. The van der Waals surface area contributed by atoms with Crippen LogP contribution in [0.4, 0.5) is 10.2 Å². The number of hydrogen-bond donors (Lipinski definition) is 1. The van der Waals surface area contributed by atoms with Gasteiger partial charge in [0.05, 0.1) is 19.3 Å². The fraction of sp³-hybridized carbons (Fsp3) is 0.405. The van der Waals surface area contributed by atoms with Gasteiger partial charge in [0.25, 0.3) is 5.91 Å². The molecule has 1 amide bonds. The van der Waals surface area contributed by atoms with Crippen molar-refractivity contribution in [2.24, 2.45) is 0 Å². The van der Waals surface area contributed by atoms with Gasteiger partial charge in [-0.1, -0.05) is 18.2 Å². The highest BCUT2D eigenvalue weighted by Gasteiger charge is 2.36. The fourth-order valence-corrected chi connectivity index (χ4v) is 7.17.